The summed E-state index contributed by atoms with van der Waals surface area (Å²) in [4.78, 5) is 12.0. The fraction of sp³-hybridized carbons (Fsp3) is 0.533. The van der Waals surface area contributed by atoms with Crippen LogP contribution in [0, 0.1) is 0 Å². The van der Waals surface area contributed by atoms with Crippen LogP contribution in [-0.4, -0.2) is 26.8 Å². The Morgan fingerprint density at radius 3 is 3.00 bits per heavy atom. The molecular formula is C15H21N5OS. The highest BCUT2D eigenvalue weighted by Gasteiger charge is 2.27. The Kier molecular flexibility index (Phi) is 4.42. The zero-order valence-corrected chi connectivity index (χ0v) is 13.7. The largest absolute Gasteiger partial charge is 0.354 e. The van der Waals surface area contributed by atoms with Crippen LogP contribution in [0.2, 0.25) is 0 Å². The lowest BCUT2D eigenvalue weighted by Crippen LogP contribution is -2.36. The van der Waals surface area contributed by atoms with Gasteiger partial charge in [-0.3, -0.25) is 5.32 Å². The van der Waals surface area contributed by atoms with E-state index in [1.807, 2.05) is 26.2 Å². The van der Waals surface area contributed by atoms with Gasteiger partial charge >= 0.3 is 6.03 Å². The van der Waals surface area contributed by atoms with Crippen LogP contribution < -0.4 is 10.6 Å². The predicted octanol–water partition coefficient (Wildman–Crippen LogP) is 2.90. The van der Waals surface area contributed by atoms with Gasteiger partial charge in [0.15, 0.2) is 0 Å². The number of carbonyl (C=O) groups is 1. The number of urea groups is 1. The summed E-state index contributed by atoms with van der Waals surface area (Å²) in [5.74, 6) is 0.570. The highest BCUT2D eigenvalue weighted by atomic mass is 32.1. The molecule has 2 aromatic rings. The molecule has 2 aromatic heterocycles. The molecule has 118 valence electrons. The van der Waals surface area contributed by atoms with E-state index in [2.05, 4.69) is 31.5 Å². The van der Waals surface area contributed by atoms with Crippen LogP contribution in [0.3, 0.4) is 0 Å². The molecule has 2 amide bonds. The van der Waals surface area contributed by atoms with Gasteiger partial charge in [-0.2, -0.15) is 0 Å². The molecule has 0 unspecified atom stereocenters. The third-order valence-corrected chi connectivity index (χ3v) is 4.85. The number of hydrogen-bond donors (Lipinski definition) is 2. The maximum atomic E-state index is 12.0. The summed E-state index contributed by atoms with van der Waals surface area (Å²) in [7, 11) is 2.03. The Morgan fingerprint density at radius 1 is 1.50 bits per heavy atom. The van der Waals surface area contributed by atoms with E-state index in [0.717, 1.165) is 17.8 Å². The lowest BCUT2D eigenvalue weighted by Gasteiger charge is -2.14. The molecule has 0 saturated heterocycles. The molecule has 1 fully saturated rings. The Balaban J connectivity index is 1.43. The van der Waals surface area contributed by atoms with Gasteiger partial charge in [-0.1, -0.05) is 11.3 Å². The van der Waals surface area contributed by atoms with Crippen LogP contribution in [0.5, 0.6) is 0 Å². The van der Waals surface area contributed by atoms with E-state index in [9.17, 15) is 4.79 Å². The second-order valence-corrected chi connectivity index (χ2v) is 6.88. The van der Waals surface area contributed by atoms with Crippen molar-refractivity contribution >= 4 is 22.5 Å². The van der Waals surface area contributed by atoms with Crippen molar-refractivity contribution in [3.8, 4) is 0 Å². The van der Waals surface area contributed by atoms with Gasteiger partial charge in [-0.15, -0.1) is 10.2 Å². The van der Waals surface area contributed by atoms with Crippen molar-refractivity contribution in [3.05, 3.63) is 29.0 Å². The molecule has 0 bridgehead atoms. The summed E-state index contributed by atoms with van der Waals surface area (Å²) in [6.45, 7) is 2.01. The molecule has 0 spiro atoms. The smallest absolute Gasteiger partial charge is 0.321 e. The molecule has 3 rings (SSSR count). The summed E-state index contributed by atoms with van der Waals surface area (Å²) >= 11 is 1.47. The molecule has 1 aliphatic carbocycles. The summed E-state index contributed by atoms with van der Waals surface area (Å²) in [5, 5.41) is 15.5. The Morgan fingerprint density at radius 2 is 2.32 bits per heavy atom. The number of nitrogens with one attached hydrogen (secondary N) is 2. The van der Waals surface area contributed by atoms with Crippen LogP contribution in [0.25, 0.3) is 0 Å². The van der Waals surface area contributed by atoms with Crippen LogP contribution in [0.15, 0.2) is 18.3 Å². The van der Waals surface area contributed by atoms with Gasteiger partial charge in [0.05, 0.1) is 0 Å². The minimum absolute atomic E-state index is 0.103. The number of aromatic nitrogens is 3. The molecule has 2 heterocycles. The van der Waals surface area contributed by atoms with E-state index in [4.69, 9.17) is 0 Å². The summed E-state index contributed by atoms with van der Waals surface area (Å²) < 4.78 is 2.10. The van der Waals surface area contributed by atoms with E-state index in [1.54, 1.807) is 0 Å². The number of anilines is 1. The molecule has 0 radical (unpaired) electrons. The topological polar surface area (TPSA) is 71.8 Å². The van der Waals surface area contributed by atoms with E-state index in [-0.39, 0.29) is 12.1 Å². The molecule has 0 aromatic carbocycles. The van der Waals surface area contributed by atoms with Gasteiger partial charge in [-0.05, 0) is 44.7 Å². The van der Waals surface area contributed by atoms with Gasteiger partial charge in [-0.25, -0.2) is 4.79 Å². The fourth-order valence-electron chi connectivity index (χ4n) is 2.33. The third-order valence-electron chi connectivity index (χ3n) is 3.85. The van der Waals surface area contributed by atoms with E-state index in [1.165, 1.54) is 29.9 Å². The average Bonchev–Trinajstić information content (AvgIpc) is 3.09. The molecule has 1 aliphatic rings. The summed E-state index contributed by atoms with van der Waals surface area (Å²) in [5.41, 5.74) is 1.27. The van der Waals surface area contributed by atoms with Crippen LogP contribution in [0.4, 0.5) is 9.93 Å². The maximum Gasteiger partial charge on any atom is 0.321 e. The van der Waals surface area contributed by atoms with Gasteiger partial charge in [0.25, 0.3) is 0 Å². The van der Waals surface area contributed by atoms with Gasteiger partial charge < -0.3 is 9.88 Å². The molecular weight excluding hydrogens is 298 g/mol. The van der Waals surface area contributed by atoms with E-state index >= 15 is 0 Å². The second kappa shape index (κ2) is 6.48. The summed E-state index contributed by atoms with van der Waals surface area (Å²) in [6.07, 6.45) is 6.26. The predicted molar refractivity (Wildman–Crippen MR) is 87.2 cm³/mol. The average molecular weight is 319 g/mol. The Bertz CT molecular complexity index is 646. The minimum Gasteiger partial charge on any atom is -0.354 e. The van der Waals surface area contributed by atoms with Crippen LogP contribution in [-0.2, 0) is 13.5 Å². The van der Waals surface area contributed by atoms with E-state index in [0.29, 0.717) is 11.0 Å². The van der Waals surface area contributed by atoms with Crippen LogP contribution >= 0.6 is 11.3 Å². The van der Waals surface area contributed by atoms with Crippen molar-refractivity contribution in [3.63, 3.8) is 0 Å². The molecule has 7 heteroatoms. The van der Waals surface area contributed by atoms with Crippen molar-refractivity contribution in [2.45, 2.75) is 44.6 Å². The number of carbonyl (C=O) groups excluding carboxylic acids is 1. The third kappa shape index (κ3) is 3.85. The Hall–Kier alpha value is -1.89. The number of rotatable bonds is 6. The first-order valence-corrected chi connectivity index (χ1v) is 8.44. The Labute approximate surface area is 133 Å². The van der Waals surface area contributed by atoms with Crippen molar-refractivity contribution in [1.29, 1.82) is 0 Å². The van der Waals surface area contributed by atoms with Crippen molar-refractivity contribution in [1.82, 2.24) is 20.1 Å². The zero-order valence-electron chi connectivity index (χ0n) is 12.9. The SMILES string of the molecule is C[C@H](CCc1cccn1C)NC(=O)Nc1nnc(C2CC2)s1. The molecule has 2 N–H and O–H groups in total. The normalized spacial score (nSPS) is 15.5. The van der Waals surface area contributed by atoms with Crippen molar-refractivity contribution in [2.75, 3.05) is 5.32 Å². The standard InChI is InChI=1S/C15H21N5OS/c1-10(5-8-12-4-3-9-20(12)2)16-14(21)17-15-19-18-13(22-15)11-6-7-11/h3-4,9-11H,5-8H2,1-2H3,(H2,16,17,19,21)/t10-/m1/s1. The molecule has 1 saturated carbocycles. The first-order chi connectivity index (χ1) is 10.6. The quantitative estimate of drug-likeness (QED) is 0.860. The van der Waals surface area contributed by atoms with Gasteiger partial charge in [0, 0.05) is 30.9 Å². The second-order valence-electron chi connectivity index (χ2n) is 5.87. The lowest BCUT2D eigenvalue weighted by atomic mass is 10.1. The fourth-order valence-corrected chi connectivity index (χ4v) is 3.24. The first kappa shape index (κ1) is 15.0. The van der Waals surface area contributed by atoms with Gasteiger partial charge in [0.2, 0.25) is 5.13 Å². The number of hydrogen-bond acceptors (Lipinski definition) is 4. The highest BCUT2D eigenvalue weighted by molar-refractivity contribution is 7.15. The van der Waals surface area contributed by atoms with E-state index < -0.39 is 0 Å². The number of amides is 2. The number of aryl methyl sites for hydroxylation is 2. The number of nitrogens with zero attached hydrogens (tertiary/aromatic N) is 3. The monoisotopic (exact) mass is 319 g/mol. The lowest BCUT2D eigenvalue weighted by molar-refractivity contribution is 0.248. The maximum absolute atomic E-state index is 12.0. The zero-order chi connectivity index (χ0) is 15.5. The molecule has 6 nitrogen and oxygen atoms in total. The molecule has 22 heavy (non-hydrogen) atoms. The molecule has 1 atom stereocenters. The van der Waals surface area contributed by atoms with Crippen molar-refractivity contribution < 1.29 is 4.79 Å². The summed E-state index contributed by atoms with van der Waals surface area (Å²) in [6, 6.07) is 4.03. The van der Waals surface area contributed by atoms with Crippen LogP contribution in [0.1, 0.15) is 42.8 Å². The minimum atomic E-state index is -0.210. The van der Waals surface area contributed by atoms with Crippen molar-refractivity contribution in [2.24, 2.45) is 7.05 Å². The first-order valence-electron chi connectivity index (χ1n) is 7.63. The van der Waals surface area contributed by atoms with Gasteiger partial charge in [0.1, 0.15) is 5.01 Å². The highest BCUT2D eigenvalue weighted by Crippen LogP contribution is 2.41. The molecule has 0 aliphatic heterocycles.